The number of benzene rings is 2. The first-order valence-electron chi connectivity index (χ1n) is 7.29. The van der Waals surface area contributed by atoms with Crippen LogP contribution in [0.4, 0.5) is 0 Å². The normalized spacial score (nSPS) is 19.3. The Kier molecular flexibility index (Phi) is 3.74. The van der Waals surface area contributed by atoms with Gasteiger partial charge in [0.25, 0.3) is 0 Å². The van der Waals surface area contributed by atoms with Crippen molar-refractivity contribution in [3.63, 3.8) is 0 Å². The lowest BCUT2D eigenvalue weighted by Crippen LogP contribution is -2.46. The molecule has 3 nitrogen and oxygen atoms in total. The highest BCUT2D eigenvalue weighted by atomic mass is 16.5. The highest BCUT2D eigenvalue weighted by Gasteiger charge is 2.42. The molecule has 1 fully saturated rings. The van der Waals surface area contributed by atoms with E-state index in [9.17, 15) is 0 Å². The summed E-state index contributed by atoms with van der Waals surface area (Å²) in [6, 6.07) is 15.0. The number of methoxy groups -OCH3 is 1. The summed E-state index contributed by atoms with van der Waals surface area (Å²) in [5, 5.41) is 2.50. The third-order valence-corrected chi connectivity index (χ3v) is 4.66. The Bertz CT molecular complexity index is 590. The van der Waals surface area contributed by atoms with E-state index in [1.165, 1.54) is 29.2 Å². The number of hydrazine groups is 1. The summed E-state index contributed by atoms with van der Waals surface area (Å²) in [5.74, 6) is 5.86. The Morgan fingerprint density at radius 3 is 2.45 bits per heavy atom. The van der Waals surface area contributed by atoms with Crippen LogP contribution in [0.2, 0.25) is 0 Å². The van der Waals surface area contributed by atoms with Gasteiger partial charge in [0.05, 0.1) is 11.6 Å². The van der Waals surface area contributed by atoms with Crippen molar-refractivity contribution in [3.05, 3.63) is 48.0 Å². The zero-order valence-corrected chi connectivity index (χ0v) is 11.9. The Morgan fingerprint density at radius 1 is 1.10 bits per heavy atom. The third kappa shape index (κ3) is 2.22. The van der Waals surface area contributed by atoms with Gasteiger partial charge < -0.3 is 4.74 Å². The van der Waals surface area contributed by atoms with Gasteiger partial charge in [0.15, 0.2) is 0 Å². The topological polar surface area (TPSA) is 47.3 Å². The fourth-order valence-electron chi connectivity index (χ4n) is 3.52. The van der Waals surface area contributed by atoms with E-state index in [1.54, 1.807) is 7.11 Å². The second-order valence-electron chi connectivity index (χ2n) is 5.68. The van der Waals surface area contributed by atoms with Crippen molar-refractivity contribution >= 4 is 10.8 Å². The number of nitrogens with one attached hydrogen (secondary N) is 1. The standard InChI is InChI=1S/C17H22N2O/c1-20-17(10-4-5-11-17)16(19-18)15-9-8-13-6-2-3-7-14(13)12-15/h2-3,6-9,12,16,19H,4-5,10-11,18H2,1H3. The molecule has 0 saturated heterocycles. The van der Waals surface area contributed by atoms with Crippen LogP contribution in [0.5, 0.6) is 0 Å². The Labute approximate surface area is 120 Å². The molecule has 106 valence electrons. The summed E-state index contributed by atoms with van der Waals surface area (Å²) in [5.41, 5.74) is 4.03. The van der Waals surface area contributed by atoms with Crippen molar-refractivity contribution in [1.29, 1.82) is 0 Å². The lowest BCUT2D eigenvalue weighted by molar-refractivity contribution is -0.0368. The van der Waals surface area contributed by atoms with Crippen LogP contribution in [0, 0.1) is 0 Å². The van der Waals surface area contributed by atoms with Crippen LogP contribution in [0.1, 0.15) is 37.3 Å². The average Bonchev–Trinajstić information content (AvgIpc) is 2.98. The van der Waals surface area contributed by atoms with Gasteiger partial charge in [0, 0.05) is 7.11 Å². The number of ether oxygens (including phenoxy) is 1. The maximum atomic E-state index is 5.88. The van der Waals surface area contributed by atoms with Crippen molar-refractivity contribution in [2.24, 2.45) is 5.84 Å². The van der Waals surface area contributed by atoms with Gasteiger partial charge in [-0.3, -0.25) is 11.3 Å². The predicted octanol–water partition coefficient (Wildman–Crippen LogP) is 3.30. The predicted molar refractivity (Wildman–Crippen MR) is 82.2 cm³/mol. The number of nitrogens with two attached hydrogens (primary N) is 1. The molecule has 1 atom stereocenters. The van der Waals surface area contributed by atoms with E-state index in [4.69, 9.17) is 10.6 Å². The molecule has 2 aromatic rings. The first-order chi connectivity index (χ1) is 9.79. The monoisotopic (exact) mass is 270 g/mol. The van der Waals surface area contributed by atoms with Crippen molar-refractivity contribution in [1.82, 2.24) is 5.43 Å². The van der Waals surface area contributed by atoms with Crippen LogP contribution in [0.3, 0.4) is 0 Å². The smallest absolute Gasteiger partial charge is 0.0885 e. The van der Waals surface area contributed by atoms with E-state index in [1.807, 2.05) is 0 Å². The molecule has 1 aliphatic rings. The lowest BCUT2D eigenvalue weighted by Gasteiger charge is -2.36. The van der Waals surface area contributed by atoms with Crippen LogP contribution in [0.25, 0.3) is 10.8 Å². The highest BCUT2D eigenvalue weighted by molar-refractivity contribution is 5.83. The number of fused-ring (bicyclic) bond motifs is 1. The maximum absolute atomic E-state index is 5.88. The van der Waals surface area contributed by atoms with Crippen molar-refractivity contribution < 1.29 is 4.74 Å². The Morgan fingerprint density at radius 2 is 1.80 bits per heavy atom. The third-order valence-electron chi connectivity index (χ3n) is 4.66. The van der Waals surface area contributed by atoms with Crippen molar-refractivity contribution in [2.75, 3.05) is 7.11 Å². The van der Waals surface area contributed by atoms with Gasteiger partial charge in [-0.05, 0) is 35.2 Å². The summed E-state index contributed by atoms with van der Waals surface area (Å²) >= 11 is 0. The molecular formula is C17H22N2O. The van der Waals surface area contributed by atoms with E-state index in [0.717, 1.165) is 12.8 Å². The molecule has 0 aliphatic heterocycles. The number of hydrogen-bond acceptors (Lipinski definition) is 3. The van der Waals surface area contributed by atoms with Crippen LogP contribution in [-0.4, -0.2) is 12.7 Å². The van der Waals surface area contributed by atoms with E-state index in [-0.39, 0.29) is 11.6 Å². The van der Waals surface area contributed by atoms with E-state index in [0.29, 0.717) is 0 Å². The zero-order chi connectivity index (χ0) is 14.0. The molecule has 3 N–H and O–H groups in total. The lowest BCUT2D eigenvalue weighted by atomic mass is 9.86. The van der Waals surface area contributed by atoms with E-state index >= 15 is 0 Å². The van der Waals surface area contributed by atoms with Crippen molar-refractivity contribution in [3.8, 4) is 0 Å². The molecule has 0 spiro atoms. The summed E-state index contributed by atoms with van der Waals surface area (Å²) in [4.78, 5) is 0. The Balaban J connectivity index is 2.02. The summed E-state index contributed by atoms with van der Waals surface area (Å²) < 4.78 is 5.88. The van der Waals surface area contributed by atoms with Crippen molar-refractivity contribution in [2.45, 2.75) is 37.3 Å². The van der Waals surface area contributed by atoms with E-state index < -0.39 is 0 Å². The summed E-state index contributed by atoms with van der Waals surface area (Å²) in [6.45, 7) is 0. The molecule has 0 amide bonds. The fraction of sp³-hybridized carbons (Fsp3) is 0.412. The maximum Gasteiger partial charge on any atom is 0.0885 e. The largest absolute Gasteiger partial charge is 0.376 e. The van der Waals surface area contributed by atoms with Gasteiger partial charge in [0.2, 0.25) is 0 Å². The minimum Gasteiger partial charge on any atom is -0.376 e. The van der Waals surface area contributed by atoms with Crippen LogP contribution < -0.4 is 11.3 Å². The first kappa shape index (κ1) is 13.6. The minimum atomic E-state index is -0.169. The van der Waals surface area contributed by atoms with Gasteiger partial charge in [-0.25, -0.2) is 0 Å². The minimum absolute atomic E-state index is 0.0413. The first-order valence-corrected chi connectivity index (χ1v) is 7.29. The van der Waals surface area contributed by atoms with Crippen LogP contribution in [0.15, 0.2) is 42.5 Å². The van der Waals surface area contributed by atoms with Gasteiger partial charge in [-0.2, -0.15) is 0 Å². The van der Waals surface area contributed by atoms with Crippen LogP contribution >= 0.6 is 0 Å². The summed E-state index contributed by atoms with van der Waals surface area (Å²) in [7, 11) is 1.80. The second-order valence-corrected chi connectivity index (χ2v) is 5.68. The molecule has 1 aliphatic carbocycles. The molecule has 1 unspecified atom stereocenters. The molecule has 3 rings (SSSR count). The number of hydrogen-bond donors (Lipinski definition) is 2. The molecule has 0 bridgehead atoms. The fourth-order valence-corrected chi connectivity index (χ4v) is 3.52. The molecule has 0 aromatic heterocycles. The van der Waals surface area contributed by atoms with Crippen LogP contribution in [-0.2, 0) is 4.74 Å². The SMILES string of the molecule is COC1(C(NN)c2ccc3ccccc3c2)CCCC1. The molecule has 2 aromatic carbocycles. The van der Waals surface area contributed by atoms with E-state index in [2.05, 4.69) is 47.9 Å². The molecular weight excluding hydrogens is 248 g/mol. The molecule has 20 heavy (non-hydrogen) atoms. The van der Waals surface area contributed by atoms with Gasteiger partial charge in [-0.15, -0.1) is 0 Å². The van der Waals surface area contributed by atoms with Gasteiger partial charge in [0.1, 0.15) is 0 Å². The van der Waals surface area contributed by atoms with Gasteiger partial charge in [-0.1, -0.05) is 49.2 Å². The van der Waals surface area contributed by atoms with Gasteiger partial charge >= 0.3 is 0 Å². The molecule has 0 heterocycles. The molecule has 3 heteroatoms. The average molecular weight is 270 g/mol. The highest BCUT2D eigenvalue weighted by Crippen LogP contribution is 2.42. The quantitative estimate of drug-likeness (QED) is 0.662. The molecule has 0 radical (unpaired) electrons. The zero-order valence-electron chi connectivity index (χ0n) is 11.9. The molecule has 1 saturated carbocycles. The number of rotatable bonds is 4. The summed E-state index contributed by atoms with van der Waals surface area (Å²) in [6.07, 6.45) is 4.54. The second kappa shape index (κ2) is 5.52. The Hall–Kier alpha value is -1.42.